The van der Waals surface area contributed by atoms with Crippen LogP contribution in [0.4, 0.5) is 31.5 Å². The first-order chi connectivity index (χ1) is 18.6. The fourth-order valence-electron chi connectivity index (χ4n) is 5.15. The van der Waals surface area contributed by atoms with Crippen molar-refractivity contribution < 1.29 is 45.4 Å². The summed E-state index contributed by atoms with van der Waals surface area (Å²) < 4.78 is 84.8. The summed E-state index contributed by atoms with van der Waals surface area (Å²) in [7, 11) is 1.36. The number of hydrogen-bond donors (Lipinski definition) is 2. The minimum absolute atomic E-state index is 0.0000479. The van der Waals surface area contributed by atoms with Gasteiger partial charge in [-0.2, -0.15) is 13.2 Å². The topological polar surface area (TPSA) is 106 Å². The predicted molar refractivity (Wildman–Crippen MR) is 133 cm³/mol. The van der Waals surface area contributed by atoms with Crippen molar-refractivity contribution in [1.29, 1.82) is 0 Å². The molecule has 1 unspecified atom stereocenters. The van der Waals surface area contributed by atoms with E-state index in [2.05, 4.69) is 10.3 Å². The minimum Gasteiger partial charge on any atom is -0.444 e. The average molecular weight is 577 g/mol. The Morgan fingerprint density at radius 1 is 1.30 bits per heavy atom. The molecule has 9 nitrogen and oxygen atoms in total. The maximum absolute atomic E-state index is 14.3. The van der Waals surface area contributed by atoms with E-state index in [9.17, 15) is 31.5 Å². The number of alkyl halides is 5. The first-order valence-corrected chi connectivity index (χ1v) is 13.0. The third-order valence-corrected chi connectivity index (χ3v) is 6.93. The molecule has 2 N–H and O–H groups in total. The van der Waals surface area contributed by atoms with Gasteiger partial charge in [0.05, 0.1) is 19.2 Å². The van der Waals surface area contributed by atoms with Crippen LogP contribution in [-0.2, 0) is 9.47 Å². The fraction of sp³-hybridized carbons (Fsp3) is 0.654. The minimum atomic E-state index is -4.61. The molecule has 1 aliphatic carbocycles. The Labute approximate surface area is 227 Å². The molecule has 0 spiro atoms. The van der Waals surface area contributed by atoms with E-state index in [1.54, 1.807) is 32.9 Å². The van der Waals surface area contributed by atoms with Crippen molar-refractivity contribution in [1.82, 2.24) is 20.5 Å². The summed E-state index contributed by atoms with van der Waals surface area (Å²) in [4.78, 5) is 30.6. The Kier molecular flexibility index (Phi) is 8.21. The first-order valence-electron chi connectivity index (χ1n) is 13.0. The Bertz CT molecular complexity index is 1230. The smallest absolute Gasteiger partial charge is 0.410 e. The summed E-state index contributed by atoms with van der Waals surface area (Å²) in [6.45, 7) is 4.33. The van der Waals surface area contributed by atoms with Crippen molar-refractivity contribution in [3.05, 3.63) is 29.7 Å². The van der Waals surface area contributed by atoms with Gasteiger partial charge in [0.2, 0.25) is 11.8 Å². The summed E-state index contributed by atoms with van der Waals surface area (Å²) in [5.74, 6) is -3.59. The van der Waals surface area contributed by atoms with Gasteiger partial charge < -0.3 is 29.4 Å². The van der Waals surface area contributed by atoms with E-state index >= 15 is 0 Å². The average Bonchev–Trinajstić information content (AvgIpc) is 3.42. The molecule has 1 aliphatic heterocycles. The van der Waals surface area contributed by atoms with Gasteiger partial charge in [0.1, 0.15) is 23.2 Å². The van der Waals surface area contributed by atoms with Gasteiger partial charge in [-0.05, 0) is 57.2 Å². The van der Waals surface area contributed by atoms with E-state index in [0.717, 1.165) is 4.90 Å². The molecule has 222 valence electrons. The lowest BCUT2D eigenvalue weighted by molar-refractivity contribution is -0.150. The van der Waals surface area contributed by atoms with E-state index < -0.39 is 66.8 Å². The fourth-order valence-corrected chi connectivity index (χ4v) is 5.15. The molecule has 40 heavy (non-hydrogen) atoms. The lowest BCUT2D eigenvalue weighted by Gasteiger charge is -2.33. The molecule has 0 bridgehead atoms. The third kappa shape index (κ3) is 6.94. The molecule has 1 saturated carbocycles. The number of carbonyl (C=O) groups excluding carboxylic acids is 2. The van der Waals surface area contributed by atoms with Crippen molar-refractivity contribution in [2.24, 2.45) is 5.92 Å². The van der Waals surface area contributed by atoms with Crippen molar-refractivity contribution in [2.45, 2.75) is 82.3 Å². The third-order valence-electron chi connectivity index (χ3n) is 6.93. The molecule has 4 atom stereocenters. The lowest BCUT2D eigenvalue weighted by atomic mass is 9.81. The standard InChI is InChI=1S/C26H33F5N4O5/c1-24(2,3)40-23(37)34-20(15-6-5-9-25(27,28)11-15)21-32-16-10-14(7-8-18(16)39-21)17(13-38-4)35-12-19(26(29,30)31)33-22(35)36/h7-8,10,15,17,19-20H,5-6,9,11-13H2,1-4H3,(H,33,36)(H,34,37)/t15?,17-,19+,20-/m1/s1. The van der Waals surface area contributed by atoms with Crippen molar-refractivity contribution >= 4 is 23.2 Å². The van der Waals surface area contributed by atoms with E-state index in [1.165, 1.54) is 13.2 Å². The van der Waals surface area contributed by atoms with Gasteiger partial charge in [-0.3, -0.25) is 0 Å². The number of rotatable bonds is 7. The second-order valence-electron chi connectivity index (χ2n) is 11.3. The van der Waals surface area contributed by atoms with E-state index in [-0.39, 0.29) is 36.4 Å². The van der Waals surface area contributed by atoms with Crippen molar-refractivity contribution in [3.63, 3.8) is 0 Å². The van der Waals surface area contributed by atoms with Crippen LogP contribution in [0.3, 0.4) is 0 Å². The van der Waals surface area contributed by atoms with Crippen LogP contribution in [-0.4, -0.2) is 66.0 Å². The van der Waals surface area contributed by atoms with Crippen molar-refractivity contribution in [3.8, 4) is 0 Å². The summed E-state index contributed by atoms with van der Waals surface area (Å²) in [6, 6.07) is -0.141. The number of hydrogen-bond acceptors (Lipinski definition) is 6. The number of ether oxygens (including phenoxy) is 2. The van der Waals surface area contributed by atoms with E-state index in [0.29, 0.717) is 12.0 Å². The number of oxazole rings is 1. The van der Waals surface area contributed by atoms with Crippen LogP contribution in [0, 0.1) is 5.92 Å². The Morgan fingerprint density at radius 2 is 2.02 bits per heavy atom. The number of methoxy groups -OCH3 is 1. The number of carbonyl (C=O) groups is 2. The predicted octanol–water partition coefficient (Wildman–Crippen LogP) is 5.86. The number of alkyl carbamates (subject to hydrolysis) is 1. The Balaban J connectivity index is 1.65. The van der Waals surface area contributed by atoms with Crippen LogP contribution < -0.4 is 10.6 Å². The van der Waals surface area contributed by atoms with E-state index in [4.69, 9.17) is 13.9 Å². The van der Waals surface area contributed by atoms with Gasteiger partial charge in [-0.25, -0.2) is 23.4 Å². The Hall–Kier alpha value is -3.16. The zero-order valence-electron chi connectivity index (χ0n) is 22.6. The highest BCUT2D eigenvalue weighted by Gasteiger charge is 2.48. The number of amides is 3. The second kappa shape index (κ2) is 11.0. The highest BCUT2D eigenvalue weighted by molar-refractivity contribution is 5.78. The highest BCUT2D eigenvalue weighted by atomic mass is 19.4. The zero-order valence-corrected chi connectivity index (χ0v) is 22.6. The number of benzene rings is 1. The number of nitrogens with one attached hydrogen (secondary N) is 2. The molecule has 1 saturated heterocycles. The van der Waals surface area contributed by atoms with Crippen LogP contribution in [0.2, 0.25) is 0 Å². The number of nitrogens with zero attached hydrogens (tertiary/aromatic N) is 2. The molecule has 14 heteroatoms. The molecule has 1 aromatic heterocycles. The monoisotopic (exact) mass is 576 g/mol. The van der Waals surface area contributed by atoms with Gasteiger partial charge in [0.15, 0.2) is 5.58 Å². The largest absolute Gasteiger partial charge is 0.444 e. The molecular weight excluding hydrogens is 543 g/mol. The highest BCUT2D eigenvalue weighted by Crippen LogP contribution is 2.43. The molecule has 2 aliphatic rings. The van der Waals surface area contributed by atoms with Gasteiger partial charge >= 0.3 is 18.3 Å². The summed E-state index contributed by atoms with van der Waals surface area (Å²) in [5, 5.41) is 4.59. The van der Waals surface area contributed by atoms with Crippen LogP contribution in [0.15, 0.2) is 22.6 Å². The second-order valence-corrected chi connectivity index (χ2v) is 11.3. The van der Waals surface area contributed by atoms with Gasteiger partial charge in [-0.1, -0.05) is 6.07 Å². The number of aromatic nitrogens is 1. The zero-order chi connectivity index (χ0) is 29.5. The quantitative estimate of drug-likeness (QED) is 0.400. The Morgan fingerprint density at radius 3 is 2.62 bits per heavy atom. The van der Waals surface area contributed by atoms with Crippen LogP contribution in [0.25, 0.3) is 11.1 Å². The van der Waals surface area contributed by atoms with Gasteiger partial charge in [0, 0.05) is 20.0 Å². The maximum Gasteiger partial charge on any atom is 0.410 e. The van der Waals surface area contributed by atoms with Crippen LogP contribution in [0.5, 0.6) is 0 Å². The van der Waals surface area contributed by atoms with E-state index in [1.807, 2.05) is 5.32 Å². The number of urea groups is 1. The van der Waals surface area contributed by atoms with Gasteiger partial charge in [-0.15, -0.1) is 0 Å². The number of halogens is 5. The van der Waals surface area contributed by atoms with Crippen LogP contribution >= 0.6 is 0 Å². The molecule has 2 heterocycles. The summed E-state index contributed by atoms with van der Waals surface area (Å²) in [5.41, 5.74) is 0.157. The molecule has 2 fully saturated rings. The normalized spacial score (nSPS) is 23.1. The molecule has 3 amide bonds. The van der Waals surface area contributed by atoms with Gasteiger partial charge in [0.25, 0.3) is 0 Å². The SMILES string of the molecule is COC[C@H](c1ccc2oc([C@H](NC(=O)OC(C)(C)C)C3CCCC(F)(F)C3)nc2c1)N1C[C@@H](C(F)(F)F)NC1=O. The molecule has 1 aromatic carbocycles. The molecule has 4 rings (SSSR count). The van der Waals surface area contributed by atoms with Crippen LogP contribution in [0.1, 0.15) is 70.0 Å². The molecular formula is C26H33F5N4O5. The molecule has 2 aromatic rings. The lowest BCUT2D eigenvalue weighted by Crippen LogP contribution is -2.40. The summed E-state index contributed by atoms with van der Waals surface area (Å²) >= 11 is 0. The first kappa shape index (κ1) is 29.8. The molecule has 0 radical (unpaired) electrons. The maximum atomic E-state index is 14.3. The number of fused-ring (bicyclic) bond motifs is 1. The van der Waals surface area contributed by atoms with Crippen molar-refractivity contribution in [2.75, 3.05) is 20.3 Å². The summed E-state index contributed by atoms with van der Waals surface area (Å²) in [6.07, 6.45) is -5.49.